The second-order valence-electron chi connectivity index (χ2n) is 3.41. The van der Waals surface area contributed by atoms with Gasteiger partial charge in [0.2, 0.25) is 0 Å². The first-order chi connectivity index (χ1) is 7.29. The molecule has 0 radical (unpaired) electrons. The fraction of sp³-hybridized carbons (Fsp3) is 0.0769. The molecule has 0 fully saturated rings. The van der Waals surface area contributed by atoms with Crippen LogP contribution >= 0.6 is 24.0 Å². The maximum Gasteiger partial charge on any atom is 0.0406 e. The Hall–Kier alpha value is -1.02. The van der Waals surface area contributed by atoms with Gasteiger partial charge in [0.25, 0.3) is 0 Å². The molecular formula is C13H13Cl2N. The number of benzene rings is 2. The molecule has 0 saturated heterocycles. The zero-order chi connectivity index (χ0) is 10.7. The third-order valence-corrected chi connectivity index (χ3v) is 2.62. The molecule has 84 valence electrons. The van der Waals surface area contributed by atoms with Crippen molar-refractivity contribution in [1.29, 1.82) is 0 Å². The summed E-state index contributed by atoms with van der Waals surface area (Å²) >= 11 is 5.83. The van der Waals surface area contributed by atoms with E-state index in [-0.39, 0.29) is 12.4 Å². The standard InChI is InChI=1S/C13H12ClN.ClH/c14-13-7-5-12(6-8-13)11-3-1-10(9-15)2-4-11;/h1-8H,9,15H2;1H. The van der Waals surface area contributed by atoms with E-state index < -0.39 is 0 Å². The molecule has 0 aromatic heterocycles. The number of halogens is 2. The molecule has 0 saturated carbocycles. The summed E-state index contributed by atoms with van der Waals surface area (Å²) in [4.78, 5) is 0. The zero-order valence-electron chi connectivity index (χ0n) is 8.69. The Kier molecular flexibility index (Phi) is 4.81. The molecule has 0 aliphatic heterocycles. The van der Waals surface area contributed by atoms with E-state index in [2.05, 4.69) is 12.1 Å². The minimum Gasteiger partial charge on any atom is -0.326 e. The minimum absolute atomic E-state index is 0. The summed E-state index contributed by atoms with van der Waals surface area (Å²) in [6.07, 6.45) is 0. The van der Waals surface area contributed by atoms with Crippen molar-refractivity contribution in [2.24, 2.45) is 5.73 Å². The number of nitrogens with two attached hydrogens (primary N) is 1. The van der Waals surface area contributed by atoms with Crippen molar-refractivity contribution >= 4 is 24.0 Å². The first-order valence-corrected chi connectivity index (χ1v) is 5.22. The minimum atomic E-state index is 0. The molecule has 2 N–H and O–H groups in total. The Labute approximate surface area is 107 Å². The summed E-state index contributed by atoms with van der Waals surface area (Å²) in [6.45, 7) is 0.584. The number of hydrogen-bond acceptors (Lipinski definition) is 1. The van der Waals surface area contributed by atoms with Crippen LogP contribution in [-0.4, -0.2) is 0 Å². The molecule has 2 rings (SSSR count). The van der Waals surface area contributed by atoms with E-state index in [1.54, 1.807) is 0 Å². The summed E-state index contributed by atoms with van der Waals surface area (Å²) in [6, 6.07) is 16.1. The van der Waals surface area contributed by atoms with Crippen LogP contribution < -0.4 is 5.73 Å². The summed E-state index contributed by atoms with van der Waals surface area (Å²) in [5.74, 6) is 0. The van der Waals surface area contributed by atoms with Crippen LogP contribution in [0.3, 0.4) is 0 Å². The highest BCUT2D eigenvalue weighted by molar-refractivity contribution is 6.30. The van der Waals surface area contributed by atoms with Crippen molar-refractivity contribution in [3.63, 3.8) is 0 Å². The molecule has 0 unspecified atom stereocenters. The topological polar surface area (TPSA) is 26.0 Å². The van der Waals surface area contributed by atoms with Crippen LogP contribution in [0.5, 0.6) is 0 Å². The summed E-state index contributed by atoms with van der Waals surface area (Å²) in [7, 11) is 0. The first kappa shape index (κ1) is 13.0. The molecule has 0 spiro atoms. The highest BCUT2D eigenvalue weighted by Gasteiger charge is 1.97. The van der Waals surface area contributed by atoms with E-state index >= 15 is 0 Å². The average molecular weight is 254 g/mol. The van der Waals surface area contributed by atoms with E-state index in [9.17, 15) is 0 Å². The van der Waals surface area contributed by atoms with Gasteiger partial charge in [-0.3, -0.25) is 0 Å². The lowest BCUT2D eigenvalue weighted by molar-refractivity contribution is 1.07. The van der Waals surface area contributed by atoms with Crippen molar-refractivity contribution in [1.82, 2.24) is 0 Å². The molecule has 2 aromatic carbocycles. The molecule has 0 atom stereocenters. The first-order valence-electron chi connectivity index (χ1n) is 4.84. The third-order valence-electron chi connectivity index (χ3n) is 2.37. The van der Waals surface area contributed by atoms with Gasteiger partial charge in [0.05, 0.1) is 0 Å². The van der Waals surface area contributed by atoms with Gasteiger partial charge >= 0.3 is 0 Å². The predicted molar refractivity (Wildman–Crippen MR) is 72.0 cm³/mol. The monoisotopic (exact) mass is 253 g/mol. The second-order valence-corrected chi connectivity index (χ2v) is 3.84. The van der Waals surface area contributed by atoms with Crippen molar-refractivity contribution < 1.29 is 0 Å². The van der Waals surface area contributed by atoms with Crippen LogP contribution in [0.15, 0.2) is 48.5 Å². The Morgan fingerprint density at radius 3 is 1.69 bits per heavy atom. The maximum absolute atomic E-state index is 5.83. The van der Waals surface area contributed by atoms with Crippen LogP contribution in [-0.2, 0) is 6.54 Å². The third kappa shape index (κ3) is 2.99. The molecule has 16 heavy (non-hydrogen) atoms. The Morgan fingerprint density at radius 1 is 0.812 bits per heavy atom. The summed E-state index contributed by atoms with van der Waals surface area (Å²) < 4.78 is 0. The summed E-state index contributed by atoms with van der Waals surface area (Å²) in [5, 5.41) is 0.761. The molecule has 1 nitrogen and oxygen atoms in total. The molecule has 0 bridgehead atoms. The van der Waals surface area contributed by atoms with Crippen molar-refractivity contribution in [3.05, 3.63) is 59.1 Å². The SMILES string of the molecule is Cl.NCc1ccc(-c2ccc(Cl)cc2)cc1. The lowest BCUT2D eigenvalue weighted by Crippen LogP contribution is -1.95. The van der Waals surface area contributed by atoms with E-state index in [4.69, 9.17) is 17.3 Å². The number of hydrogen-bond donors (Lipinski definition) is 1. The quantitative estimate of drug-likeness (QED) is 0.864. The molecule has 0 amide bonds. The molecular weight excluding hydrogens is 241 g/mol. The molecule has 0 aliphatic carbocycles. The smallest absolute Gasteiger partial charge is 0.0406 e. The van der Waals surface area contributed by atoms with E-state index in [0.29, 0.717) is 6.54 Å². The lowest BCUT2D eigenvalue weighted by Gasteiger charge is -2.03. The highest BCUT2D eigenvalue weighted by Crippen LogP contribution is 2.21. The van der Waals surface area contributed by atoms with Crippen molar-refractivity contribution in [2.75, 3.05) is 0 Å². The fourth-order valence-corrected chi connectivity index (χ4v) is 1.60. The van der Waals surface area contributed by atoms with Gasteiger partial charge in [-0.1, -0.05) is 48.0 Å². The van der Waals surface area contributed by atoms with Gasteiger partial charge in [-0.25, -0.2) is 0 Å². The lowest BCUT2D eigenvalue weighted by atomic mass is 10.0. The molecule has 0 heterocycles. The molecule has 2 aromatic rings. The van der Waals surface area contributed by atoms with Gasteiger partial charge in [0.15, 0.2) is 0 Å². The Bertz CT molecular complexity index is 434. The second kappa shape index (κ2) is 5.90. The average Bonchev–Trinajstić information content (AvgIpc) is 2.30. The Morgan fingerprint density at radius 2 is 1.25 bits per heavy atom. The molecule has 0 aliphatic rings. The highest BCUT2D eigenvalue weighted by atomic mass is 35.5. The number of rotatable bonds is 2. The van der Waals surface area contributed by atoms with E-state index in [0.717, 1.165) is 10.6 Å². The van der Waals surface area contributed by atoms with E-state index in [1.165, 1.54) is 11.1 Å². The zero-order valence-corrected chi connectivity index (χ0v) is 10.3. The van der Waals surface area contributed by atoms with Gasteiger partial charge in [-0.15, -0.1) is 12.4 Å². The van der Waals surface area contributed by atoms with Crippen LogP contribution in [0.4, 0.5) is 0 Å². The fourth-order valence-electron chi connectivity index (χ4n) is 1.48. The molecule has 3 heteroatoms. The van der Waals surface area contributed by atoms with Gasteiger partial charge in [0.1, 0.15) is 0 Å². The summed E-state index contributed by atoms with van der Waals surface area (Å²) in [5.41, 5.74) is 9.04. The van der Waals surface area contributed by atoms with Crippen LogP contribution in [0, 0.1) is 0 Å². The predicted octanol–water partition coefficient (Wildman–Crippen LogP) is 3.89. The van der Waals surface area contributed by atoms with Gasteiger partial charge in [-0.05, 0) is 28.8 Å². The van der Waals surface area contributed by atoms with Crippen molar-refractivity contribution in [3.8, 4) is 11.1 Å². The van der Waals surface area contributed by atoms with Gasteiger partial charge in [-0.2, -0.15) is 0 Å². The maximum atomic E-state index is 5.83. The van der Waals surface area contributed by atoms with Gasteiger partial charge in [0, 0.05) is 11.6 Å². The largest absolute Gasteiger partial charge is 0.326 e. The van der Waals surface area contributed by atoms with Gasteiger partial charge < -0.3 is 5.73 Å². The Balaban J connectivity index is 0.00000128. The van der Waals surface area contributed by atoms with E-state index in [1.807, 2.05) is 36.4 Å². The van der Waals surface area contributed by atoms with Crippen LogP contribution in [0.1, 0.15) is 5.56 Å². The normalized spacial score (nSPS) is 9.62. The van der Waals surface area contributed by atoms with Crippen LogP contribution in [0.2, 0.25) is 5.02 Å². The van der Waals surface area contributed by atoms with Crippen molar-refractivity contribution in [2.45, 2.75) is 6.54 Å². The van der Waals surface area contributed by atoms with Crippen LogP contribution in [0.25, 0.3) is 11.1 Å².